The summed E-state index contributed by atoms with van der Waals surface area (Å²) in [5, 5.41) is 15.8. The van der Waals surface area contributed by atoms with Crippen molar-refractivity contribution in [2.45, 2.75) is 13.0 Å². The molecule has 0 saturated carbocycles. The summed E-state index contributed by atoms with van der Waals surface area (Å²) in [5.74, 6) is 1.80. The molecule has 0 spiro atoms. The zero-order valence-electron chi connectivity index (χ0n) is 13.7. The SMILES string of the molecule is Nc1nc(NCCc2ccc(O)cc2)cc(NCc2cccnc2)n1. The Balaban J connectivity index is 1.56. The van der Waals surface area contributed by atoms with Crippen LogP contribution >= 0.6 is 0 Å². The van der Waals surface area contributed by atoms with Crippen LogP contribution in [0.1, 0.15) is 11.1 Å². The minimum absolute atomic E-state index is 0.211. The van der Waals surface area contributed by atoms with Gasteiger partial charge in [-0.15, -0.1) is 0 Å². The molecular weight excluding hydrogens is 316 g/mol. The highest BCUT2D eigenvalue weighted by molar-refractivity contribution is 5.51. The third-order valence-corrected chi connectivity index (χ3v) is 3.60. The number of phenolic OH excluding ortho intramolecular Hbond substituents is 1. The summed E-state index contributed by atoms with van der Waals surface area (Å²) in [6.07, 6.45) is 4.35. The molecule has 2 aromatic heterocycles. The van der Waals surface area contributed by atoms with Gasteiger partial charge >= 0.3 is 0 Å². The Labute approximate surface area is 146 Å². The molecule has 3 aromatic rings. The van der Waals surface area contributed by atoms with Crippen LogP contribution in [0.5, 0.6) is 5.75 Å². The van der Waals surface area contributed by atoms with Gasteiger partial charge in [0.1, 0.15) is 17.4 Å². The van der Waals surface area contributed by atoms with Gasteiger partial charge in [-0.05, 0) is 35.7 Å². The number of benzene rings is 1. The lowest BCUT2D eigenvalue weighted by molar-refractivity contribution is 0.475. The summed E-state index contributed by atoms with van der Waals surface area (Å²) >= 11 is 0. The summed E-state index contributed by atoms with van der Waals surface area (Å²) < 4.78 is 0. The highest BCUT2D eigenvalue weighted by Gasteiger charge is 2.03. The monoisotopic (exact) mass is 336 g/mol. The number of pyridine rings is 1. The fourth-order valence-corrected chi connectivity index (χ4v) is 2.34. The van der Waals surface area contributed by atoms with Gasteiger partial charge in [-0.3, -0.25) is 4.98 Å². The molecule has 1 aromatic carbocycles. The maximum Gasteiger partial charge on any atom is 0.223 e. The lowest BCUT2D eigenvalue weighted by atomic mass is 10.1. The minimum Gasteiger partial charge on any atom is -0.508 e. The Morgan fingerprint density at radius 1 is 0.960 bits per heavy atom. The number of phenols is 1. The first-order valence-corrected chi connectivity index (χ1v) is 7.98. The second-order valence-electron chi connectivity index (χ2n) is 5.55. The van der Waals surface area contributed by atoms with Crippen molar-refractivity contribution in [1.82, 2.24) is 15.0 Å². The molecule has 7 heteroatoms. The van der Waals surface area contributed by atoms with Gasteiger partial charge in [0.15, 0.2) is 0 Å². The lowest BCUT2D eigenvalue weighted by Gasteiger charge is -2.10. The van der Waals surface area contributed by atoms with Gasteiger partial charge in [-0.2, -0.15) is 9.97 Å². The Hall–Kier alpha value is -3.35. The molecule has 25 heavy (non-hydrogen) atoms. The van der Waals surface area contributed by atoms with Crippen molar-refractivity contribution in [3.63, 3.8) is 0 Å². The first-order valence-electron chi connectivity index (χ1n) is 7.98. The van der Waals surface area contributed by atoms with E-state index in [0.717, 1.165) is 17.5 Å². The highest BCUT2D eigenvalue weighted by atomic mass is 16.3. The predicted molar refractivity (Wildman–Crippen MR) is 98.3 cm³/mol. The van der Waals surface area contributed by atoms with Gasteiger partial charge < -0.3 is 21.5 Å². The van der Waals surface area contributed by atoms with E-state index >= 15 is 0 Å². The maximum atomic E-state index is 9.30. The Kier molecular flexibility index (Phi) is 5.26. The minimum atomic E-state index is 0.211. The van der Waals surface area contributed by atoms with E-state index < -0.39 is 0 Å². The van der Waals surface area contributed by atoms with Crippen LogP contribution in [0, 0.1) is 0 Å². The number of nitrogens with one attached hydrogen (secondary N) is 2. The molecule has 0 aliphatic rings. The van der Waals surface area contributed by atoms with E-state index in [4.69, 9.17) is 5.73 Å². The lowest BCUT2D eigenvalue weighted by Crippen LogP contribution is -2.10. The second-order valence-corrected chi connectivity index (χ2v) is 5.55. The summed E-state index contributed by atoms with van der Waals surface area (Å²) in [5.41, 5.74) is 7.97. The number of nitrogens with zero attached hydrogens (tertiary/aromatic N) is 3. The molecule has 0 atom stereocenters. The smallest absolute Gasteiger partial charge is 0.223 e. The standard InChI is InChI=1S/C18H20N6O/c19-18-23-16(21-9-7-13-3-5-15(25)6-4-13)10-17(24-18)22-12-14-2-1-8-20-11-14/h1-6,8,10-11,25H,7,9,12H2,(H4,19,21,22,23,24). The molecule has 0 aliphatic carbocycles. The van der Waals surface area contributed by atoms with Crippen LogP contribution in [0.25, 0.3) is 0 Å². The van der Waals surface area contributed by atoms with E-state index in [-0.39, 0.29) is 11.7 Å². The predicted octanol–water partition coefficient (Wildman–Crippen LogP) is 2.43. The van der Waals surface area contributed by atoms with Crippen molar-refractivity contribution in [3.8, 4) is 5.75 Å². The van der Waals surface area contributed by atoms with E-state index in [1.807, 2.05) is 30.3 Å². The van der Waals surface area contributed by atoms with Crippen molar-refractivity contribution in [3.05, 3.63) is 66.0 Å². The topological polar surface area (TPSA) is 109 Å². The largest absolute Gasteiger partial charge is 0.508 e. The number of hydrogen-bond donors (Lipinski definition) is 4. The summed E-state index contributed by atoms with van der Waals surface area (Å²) in [4.78, 5) is 12.5. The van der Waals surface area contributed by atoms with Crippen molar-refractivity contribution in [2.75, 3.05) is 22.9 Å². The van der Waals surface area contributed by atoms with Gasteiger partial charge in [0.05, 0.1) is 0 Å². The van der Waals surface area contributed by atoms with E-state index in [1.165, 1.54) is 0 Å². The molecule has 2 heterocycles. The van der Waals surface area contributed by atoms with Gasteiger partial charge in [0, 0.05) is 31.5 Å². The number of nitrogen functional groups attached to an aromatic ring is 1. The third kappa shape index (κ3) is 5.07. The fourth-order valence-electron chi connectivity index (χ4n) is 2.34. The molecule has 0 amide bonds. The zero-order chi connectivity index (χ0) is 17.5. The van der Waals surface area contributed by atoms with E-state index in [9.17, 15) is 5.11 Å². The van der Waals surface area contributed by atoms with Crippen LogP contribution in [0.3, 0.4) is 0 Å². The van der Waals surface area contributed by atoms with Gasteiger partial charge in [0.25, 0.3) is 0 Å². The number of hydrogen-bond acceptors (Lipinski definition) is 7. The third-order valence-electron chi connectivity index (χ3n) is 3.60. The number of anilines is 3. The van der Waals surface area contributed by atoms with Crippen LogP contribution < -0.4 is 16.4 Å². The van der Waals surface area contributed by atoms with Gasteiger partial charge in [0.2, 0.25) is 5.95 Å². The number of aromatic nitrogens is 3. The highest BCUT2D eigenvalue weighted by Crippen LogP contribution is 2.14. The molecule has 0 unspecified atom stereocenters. The van der Waals surface area contributed by atoms with Crippen molar-refractivity contribution in [1.29, 1.82) is 0 Å². The van der Waals surface area contributed by atoms with Gasteiger partial charge in [-0.1, -0.05) is 18.2 Å². The van der Waals surface area contributed by atoms with E-state index in [0.29, 0.717) is 24.7 Å². The quantitative estimate of drug-likeness (QED) is 0.524. The number of rotatable bonds is 7. The summed E-state index contributed by atoms with van der Waals surface area (Å²) in [7, 11) is 0. The number of nitrogens with two attached hydrogens (primary N) is 1. The number of aromatic hydroxyl groups is 1. The van der Waals surface area contributed by atoms with Crippen LogP contribution in [0.2, 0.25) is 0 Å². The normalized spacial score (nSPS) is 10.4. The van der Waals surface area contributed by atoms with Gasteiger partial charge in [-0.25, -0.2) is 0 Å². The molecule has 0 bridgehead atoms. The molecule has 7 nitrogen and oxygen atoms in total. The zero-order valence-corrected chi connectivity index (χ0v) is 13.7. The molecule has 5 N–H and O–H groups in total. The molecule has 3 rings (SSSR count). The van der Waals surface area contributed by atoms with Crippen LogP contribution in [0.15, 0.2) is 54.9 Å². The Morgan fingerprint density at radius 2 is 1.72 bits per heavy atom. The molecular formula is C18H20N6O. The van der Waals surface area contributed by atoms with E-state index in [1.54, 1.807) is 24.5 Å². The molecule has 0 fully saturated rings. The Bertz CT molecular complexity index is 808. The van der Waals surface area contributed by atoms with Crippen molar-refractivity contribution in [2.24, 2.45) is 0 Å². The average molecular weight is 336 g/mol. The first-order chi connectivity index (χ1) is 12.2. The van der Waals surface area contributed by atoms with E-state index in [2.05, 4.69) is 25.6 Å². The maximum absolute atomic E-state index is 9.30. The summed E-state index contributed by atoms with van der Waals surface area (Å²) in [6.45, 7) is 1.31. The molecule has 0 saturated heterocycles. The molecule has 0 radical (unpaired) electrons. The average Bonchev–Trinajstić information content (AvgIpc) is 2.62. The van der Waals surface area contributed by atoms with Crippen molar-refractivity contribution < 1.29 is 5.11 Å². The fraction of sp³-hybridized carbons (Fsp3) is 0.167. The molecule has 0 aliphatic heterocycles. The Morgan fingerprint density at radius 3 is 2.44 bits per heavy atom. The van der Waals surface area contributed by atoms with Crippen LogP contribution in [-0.4, -0.2) is 26.6 Å². The summed E-state index contributed by atoms with van der Waals surface area (Å²) in [6, 6.07) is 12.8. The van der Waals surface area contributed by atoms with Crippen LogP contribution in [0.4, 0.5) is 17.6 Å². The van der Waals surface area contributed by atoms with Crippen LogP contribution in [-0.2, 0) is 13.0 Å². The molecule has 128 valence electrons. The first kappa shape index (κ1) is 16.5. The van der Waals surface area contributed by atoms with Crippen molar-refractivity contribution >= 4 is 17.6 Å². The second kappa shape index (κ2) is 7.96.